The summed E-state index contributed by atoms with van der Waals surface area (Å²) >= 11 is 0. The van der Waals surface area contributed by atoms with E-state index in [1.54, 1.807) is 11.3 Å². The van der Waals surface area contributed by atoms with Crippen LogP contribution in [0.15, 0.2) is 12.5 Å². The van der Waals surface area contributed by atoms with Gasteiger partial charge < -0.3 is 9.57 Å². The van der Waals surface area contributed by atoms with Gasteiger partial charge in [-0.2, -0.15) is 10.1 Å². The molecule has 2 rings (SSSR count). The molecule has 2 aliphatic heterocycles. The maximum absolute atomic E-state index is 5.50. The molecule has 12 heavy (non-hydrogen) atoms. The molecular formula is C6H12N4O2. The predicted molar refractivity (Wildman–Crippen MR) is 40.5 cm³/mol. The molecule has 0 aromatic heterocycles. The Morgan fingerprint density at radius 1 is 1.25 bits per heavy atom. The Balaban J connectivity index is 1.93. The molecule has 0 amide bonds. The molecule has 0 atom stereocenters. The standard InChI is InChI=1S/C6H12N4O2/c7-10-9(3-6-12-10)8-1-4-11-5-2-8/h3,6H,1-2,4-5,7H2. The fourth-order valence-corrected chi connectivity index (χ4v) is 1.24. The van der Waals surface area contributed by atoms with E-state index in [2.05, 4.69) is 0 Å². The van der Waals surface area contributed by atoms with Gasteiger partial charge in [0.25, 0.3) is 0 Å². The Hall–Kier alpha value is -0.820. The van der Waals surface area contributed by atoms with Gasteiger partial charge in [-0.3, -0.25) is 0 Å². The number of hydrogen-bond acceptors (Lipinski definition) is 6. The van der Waals surface area contributed by atoms with Crippen LogP contribution in [0.2, 0.25) is 0 Å². The van der Waals surface area contributed by atoms with E-state index in [0.717, 1.165) is 26.3 Å². The molecule has 1 fully saturated rings. The first kappa shape index (κ1) is 7.81. The third kappa shape index (κ3) is 1.37. The zero-order chi connectivity index (χ0) is 8.39. The molecule has 2 heterocycles. The van der Waals surface area contributed by atoms with Gasteiger partial charge in [0.2, 0.25) is 0 Å². The Labute approximate surface area is 70.6 Å². The van der Waals surface area contributed by atoms with Gasteiger partial charge in [-0.05, 0) is 0 Å². The van der Waals surface area contributed by atoms with Crippen molar-refractivity contribution in [2.75, 3.05) is 26.3 Å². The molecule has 2 aliphatic rings. The average Bonchev–Trinajstić information content (AvgIpc) is 2.53. The number of hydrazine groups is 3. The molecule has 2 N–H and O–H groups in total. The number of nitrogens with zero attached hydrogens (tertiary/aromatic N) is 3. The molecule has 0 aromatic rings. The maximum atomic E-state index is 5.50. The number of hydrogen-bond donors (Lipinski definition) is 1. The Kier molecular flexibility index (Phi) is 2.13. The number of morpholine rings is 1. The van der Waals surface area contributed by atoms with E-state index in [4.69, 9.17) is 15.4 Å². The van der Waals surface area contributed by atoms with Crippen molar-refractivity contribution in [3.63, 3.8) is 0 Å². The molecule has 68 valence electrons. The summed E-state index contributed by atoms with van der Waals surface area (Å²) in [5, 5.41) is 4.96. The van der Waals surface area contributed by atoms with E-state index in [0.29, 0.717) is 0 Å². The minimum absolute atomic E-state index is 0.734. The fraction of sp³-hybridized carbons (Fsp3) is 0.667. The molecule has 0 spiro atoms. The highest BCUT2D eigenvalue weighted by molar-refractivity contribution is 4.75. The van der Waals surface area contributed by atoms with Gasteiger partial charge in [0.1, 0.15) is 6.26 Å². The van der Waals surface area contributed by atoms with Crippen LogP contribution in [0.25, 0.3) is 0 Å². The van der Waals surface area contributed by atoms with Crippen molar-refractivity contribution in [3.8, 4) is 0 Å². The first-order valence-electron chi connectivity index (χ1n) is 3.88. The monoisotopic (exact) mass is 172 g/mol. The van der Waals surface area contributed by atoms with Gasteiger partial charge in [0.15, 0.2) is 0 Å². The molecule has 0 bridgehead atoms. The number of nitrogens with two attached hydrogens (primary N) is 1. The highest BCUT2D eigenvalue weighted by atomic mass is 16.8. The van der Waals surface area contributed by atoms with E-state index in [1.807, 2.05) is 5.01 Å². The lowest BCUT2D eigenvalue weighted by Crippen LogP contribution is -2.54. The lowest BCUT2D eigenvalue weighted by molar-refractivity contribution is -0.291. The normalized spacial score (nSPS) is 26.2. The minimum atomic E-state index is 0.734. The van der Waals surface area contributed by atoms with E-state index in [1.165, 1.54) is 11.5 Å². The molecule has 0 aromatic carbocycles. The predicted octanol–water partition coefficient (Wildman–Crippen LogP) is -0.957. The largest absolute Gasteiger partial charge is 0.379 e. The Morgan fingerprint density at radius 2 is 2.00 bits per heavy atom. The molecular weight excluding hydrogens is 160 g/mol. The first-order valence-corrected chi connectivity index (χ1v) is 3.88. The van der Waals surface area contributed by atoms with Gasteiger partial charge in [0, 0.05) is 18.4 Å². The molecule has 0 aliphatic carbocycles. The van der Waals surface area contributed by atoms with Crippen LogP contribution in [0.4, 0.5) is 0 Å². The fourth-order valence-electron chi connectivity index (χ4n) is 1.24. The van der Waals surface area contributed by atoms with Crippen molar-refractivity contribution >= 4 is 0 Å². The van der Waals surface area contributed by atoms with Crippen molar-refractivity contribution in [1.29, 1.82) is 0 Å². The Morgan fingerprint density at radius 3 is 2.58 bits per heavy atom. The van der Waals surface area contributed by atoms with Crippen LogP contribution >= 0.6 is 0 Å². The van der Waals surface area contributed by atoms with Crippen LogP contribution in [-0.2, 0) is 9.57 Å². The van der Waals surface area contributed by atoms with Crippen LogP contribution in [0, 0.1) is 0 Å². The molecule has 1 saturated heterocycles. The summed E-state index contributed by atoms with van der Waals surface area (Å²) in [6.45, 7) is 3.14. The van der Waals surface area contributed by atoms with Gasteiger partial charge in [-0.25, -0.2) is 5.84 Å². The molecule has 0 unspecified atom stereocenters. The zero-order valence-corrected chi connectivity index (χ0v) is 6.72. The van der Waals surface area contributed by atoms with Crippen molar-refractivity contribution in [1.82, 2.24) is 15.4 Å². The second-order valence-electron chi connectivity index (χ2n) is 2.58. The second-order valence-corrected chi connectivity index (χ2v) is 2.58. The summed E-state index contributed by atoms with van der Waals surface area (Å²) in [7, 11) is 0. The second kappa shape index (κ2) is 3.28. The maximum Gasteiger partial charge on any atom is 0.135 e. The summed E-state index contributed by atoms with van der Waals surface area (Å²) < 4.78 is 5.20. The van der Waals surface area contributed by atoms with Crippen LogP contribution in [0.1, 0.15) is 0 Å². The quantitative estimate of drug-likeness (QED) is 0.514. The van der Waals surface area contributed by atoms with Crippen LogP contribution in [-0.4, -0.2) is 41.7 Å². The van der Waals surface area contributed by atoms with E-state index in [9.17, 15) is 0 Å². The molecule has 0 radical (unpaired) electrons. The van der Waals surface area contributed by atoms with Crippen molar-refractivity contribution in [2.24, 2.45) is 5.84 Å². The van der Waals surface area contributed by atoms with Gasteiger partial charge in [-0.15, -0.1) is 0 Å². The van der Waals surface area contributed by atoms with E-state index in [-0.39, 0.29) is 0 Å². The van der Waals surface area contributed by atoms with Crippen molar-refractivity contribution in [2.45, 2.75) is 0 Å². The summed E-state index contributed by atoms with van der Waals surface area (Å²) in [6, 6.07) is 0. The lowest BCUT2D eigenvalue weighted by Gasteiger charge is -2.35. The molecule has 6 nitrogen and oxygen atoms in total. The van der Waals surface area contributed by atoms with Gasteiger partial charge in [0.05, 0.1) is 19.4 Å². The van der Waals surface area contributed by atoms with Crippen molar-refractivity contribution in [3.05, 3.63) is 12.5 Å². The number of rotatable bonds is 1. The summed E-state index contributed by atoms with van der Waals surface area (Å²) in [5.41, 5.74) is 0. The van der Waals surface area contributed by atoms with E-state index < -0.39 is 0 Å². The van der Waals surface area contributed by atoms with Crippen molar-refractivity contribution < 1.29 is 9.57 Å². The van der Waals surface area contributed by atoms with Crippen LogP contribution in [0.3, 0.4) is 0 Å². The first-order chi connectivity index (χ1) is 5.88. The van der Waals surface area contributed by atoms with Gasteiger partial charge >= 0.3 is 0 Å². The van der Waals surface area contributed by atoms with Gasteiger partial charge in [-0.1, -0.05) is 0 Å². The van der Waals surface area contributed by atoms with Crippen LogP contribution in [0.5, 0.6) is 0 Å². The third-order valence-corrected chi connectivity index (χ3v) is 1.84. The smallest absolute Gasteiger partial charge is 0.135 e. The topological polar surface area (TPSA) is 54.2 Å². The molecule has 0 saturated carbocycles. The minimum Gasteiger partial charge on any atom is -0.379 e. The summed E-state index contributed by atoms with van der Waals surface area (Å²) in [5.74, 6) is 5.50. The zero-order valence-electron chi connectivity index (χ0n) is 6.72. The lowest BCUT2D eigenvalue weighted by atomic mass is 10.5. The average molecular weight is 172 g/mol. The van der Waals surface area contributed by atoms with Crippen LogP contribution < -0.4 is 5.84 Å². The Bertz CT molecular complexity index is 180. The summed E-state index contributed by atoms with van der Waals surface area (Å²) in [4.78, 5) is 4.89. The summed E-state index contributed by atoms with van der Waals surface area (Å²) in [6.07, 6.45) is 3.31. The SMILES string of the molecule is NN1OC=CN1N1CCOCC1. The third-order valence-electron chi connectivity index (χ3n) is 1.84. The number of ether oxygens (including phenoxy) is 1. The highest BCUT2D eigenvalue weighted by Gasteiger charge is 2.23. The van der Waals surface area contributed by atoms with E-state index >= 15 is 0 Å². The molecule has 6 heteroatoms. The highest BCUT2D eigenvalue weighted by Crippen LogP contribution is 2.10.